The van der Waals surface area contributed by atoms with Gasteiger partial charge in [0.1, 0.15) is 0 Å². The predicted molar refractivity (Wildman–Crippen MR) is 70.5 cm³/mol. The maximum atomic E-state index is 13.4. The van der Waals surface area contributed by atoms with E-state index in [0.717, 1.165) is 37.7 Å². The first-order valence-corrected chi connectivity index (χ1v) is 6.91. The number of fused-ring (bicyclic) bond motifs is 1. The number of rotatable bonds is 1. The van der Waals surface area contributed by atoms with E-state index in [1.807, 2.05) is 0 Å². The molecule has 0 saturated carbocycles. The van der Waals surface area contributed by atoms with Gasteiger partial charge in [-0.15, -0.1) is 0 Å². The highest BCUT2D eigenvalue weighted by molar-refractivity contribution is 6.29. The molecule has 2 atom stereocenters. The lowest BCUT2D eigenvalue weighted by Gasteiger charge is -2.22. The monoisotopic (exact) mass is 269 g/mol. The van der Waals surface area contributed by atoms with Crippen molar-refractivity contribution >= 4 is 17.3 Å². The first-order valence-electron chi connectivity index (χ1n) is 6.53. The summed E-state index contributed by atoms with van der Waals surface area (Å²) in [7, 11) is 0. The van der Waals surface area contributed by atoms with Crippen LogP contribution in [0.2, 0.25) is 5.15 Å². The number of halogens is 2. The van der Waals surface area contributed by atoms with E-state index in [0.29, 0.717) is 6.04 Å². The highest BCUT2D eigenvalue weighted by Crippen LogP contribution is 2.28. The Kier molecular flexibility index (Phi) is 3.39. The number of nitrogens with one attached hydrogen (secondary N) is 1. The molecule has 0 radical (unpaired) electrons. The molecular formula is C13H17ClFN3. The second kappa shape index (κ2) is 5.02. The molecule has 2 fully saturated rings. The average Bonchev–Trinajstić information content (AvgIpc) is 2.72. The van der Waals surface area contributed by atoms with Gasteiger partial charge < -0.3 is 10.2 Å². The third-order valence-electron chi connectivity index (χ3n) is 4.12. The highest BCUT2D eigenvalue weighted by Gasteiger charge is 2.30. The van der Waals surface area contributed by atoms with Gasteiger partial charge in [0.25, 0.3) is 0 Å². The highest BCUT2D eigenvalue weighted by atomic mass is 35.5. The molecule has 2 unspecified atom stereocenters. The van der Waals surface area contributed by atoms with E-state index in [2.05, 4.69) is 15.2 Å². The van der Waals surface area contributed by atoms with E-state index < -0.39 is 5.82 Å². The van der Waals surface area contributed by atoms with Gasteiger partial charge in [-0.2, -0.15) is 0 Å². The summed E-state index contributed by atoms with van der Waals surface area (Å²) in [6, 6.07) is 2.13. The Hall–Kier alpha value is -0.870. The summed E-state index contributed by atoms with van der Waals surface area (Å²) in [4.78, 5) is 6.10. The Morgan fingerprint density at radius 1 is 1.33 bits per heavy atom. The standard InChI is InChI=1S/C13H17ClFN3/c14-13-11(15)7-10(8-17-13)18-5-2-9-1-4-16-12(9)3-6-18/h7-9,12,16H,1-6H2. The van der Waals surface area contributed by atoms with Crippen molar-refractivity contribution in [2.45, 2.75) is 25.3 Å². The molecule has 98 valence electrons. The van der Waals surface area contributed by atoms with Crippen LogP contribution in [0.25, 0.3) is 0 Å². The minimum Gasteiger partial charge on any atom is -0.370 e. The molecule has 1 aromatic rings. The molecular weight excluding hydrogens is 253 g/mol. The summed E-state index contributed by atoms with van der Waals surface area (Å²) in [5.74, 6) is 0.344. The fourth-order valence-corrected chi connectivity index (χ4v) is 3.18. The lowest BCUT2D eigenvalue weighted by molar-refractivity contribution is 0.436. The molecule has 2 aliphatic heterocycles. The maximum Gasteiger partial charge on any atom is 0.164 e. The van der Waals surface area contributed by atoms with Crippen LogP contribution in [0.1, 0.15) is 19.3 Å². The van der Waals surface area contributed by atoms with Crippen LogP contribution in [0.3, 0.4) is 0 Å². The van der Waals surface area contributed by atoms with Gasteiger partial charge in [-0.25, -0.2) is 9.37 Å². The van der Waals surface area contributed by atoms with Gasteiger partial charge in [0.15, 0.2) is 11.0 Å². The summed E-state index contributed by atoms with van der Waals surface area (Å²) in [5.41, 5.74) is 0.844. The van der Waals surface area contributed by atoms with E-state index in [9.17, 15) is 4.39 Å². The van der Waals surface area contributed by atoms with Crippen molar-refractivity contribution in [2.75, 3.05) is 24.5 Å². The molecule has 0 aliphatic carbocycles. The molecule has 0 aromatic carbocycles. The van der Waals surface area contributed by atoms with E-state index >= 15 is 0 Å². The summed E-state index contributed by atoms with van der Waals surface area (Å²) in [6.45, 7) is 3.08. The predicted octanol–water partition coefficient (Wildman–Crippen LogP) is 2.45. The molecule has 3 heterocycles. The number of hydrogen-bond donors (Lipinski definition) is 1. The van der Waals surface area contributed by atoms with E-state index in [1.165, 1.54) is 18.9 Å². The number of nitrogens with zero attached hydrogens (tertiary/aromatic N) is 2. The van der Waals surface area contributed by atoms with Gasteiger partial charge in [-0.05, 0) is 31.7 Å². The SMILES string of the molecule is Fc1cc(N2CCC3CCNC3CC2)cnc1Cl. The van der Waals surface area contributed by atoms with Gasteiger partial charge in [0, 0.05) is 25.2 Å². The van der Waals surface area contributed by atoms with Crippen molar-refractivity contribution in [1.82, 2.24) is 10.3 Å². The first-order chi connectivity index (χ1) is 8.74. The van der Waals surface area contributed by atoms with Crippen molar-refractivity contribution in [1.29, 1.82) is 0 Å². The Morgan fingerprint density at radius 3 is 3.00 bits per heavy atom. The Morgan fingerprint density at radius 2 is 2.17 bits per heavy atom. The molecule has 5 heteroatoms. The zero-order valence-corrected chi connectivity index (χ0v) is 11.0. The second-order valence-electron chi connectivity index (χ2n) is 5.14. The lowest BCUT2D eigenvalue weighted by atomic mass is 9.96. The summed E-state index contributed by atoms with van der Waals surface area (Å²) < 4.78 is 13.4. The number of pyridine rings is 1. The second-order valence-corrected chi connectivity index (χ2v) is 5.50. The smallest absolute Gasteiger partial charge is 0.164 e. The summed E-state index contributed by atoms with van der Waals surface area (Å²) >= 11 is 5.62. The topological polar surface area (TPSA) is 28.2 Å². The Bertz CT molecular complexity index is 426. The van der Waals surface area contributed by atoms with Crippen LogP contribution in [0, 0.1) is 11.7 Å². The van der Waals surface area contributed by atoms with E-state index in [-0.39, 0.29) is 5.15 Å². The molecule has 1 aromatic heterocycles. The minimum atomic E-state index is -0.434. The van der Waals surface area contributed by atoms with Crippen LogP contribution < -0.4 is 10.2 Å². The molecule has 3 rings (SSSR count). The number of hydrogen-bond acceptors (Lipinski definition) is 3. The fraction of sp³-hybridized carbons (Fsp3) is 0.615. The van der Waals surface area contributed by atoms with Crippen LogP contribution in [0.4, 0.5) is 10.1 Å². The summed E-state index contributed by atoms with van der Waals surface area (Å²) in [5, 5.41) is 3.50. The normalized spacial score (nSPS) is 28.0. The number of aromatic nitrogens is 1. The largest absolute Gasteiger partial charge is 0.370 e. The molecule has 0 spiro atoms. The van der Waals surface area contributed by atoms with Crippen molar-refractivity contribution < 1.29 is 4.39 Å². The Balaban J connectivity index is 1.74. The molecule has 18 heavy (non-hydrogen) atoms. The van der Waals surface area contributed by atoms with Crippen LogP contribution in [-0.4, -0.2) is 30.7 Å². The van der Waals surface area contributed by atoms with E-state index in [1.54, 1.807) is 6.20 Å². The third-order valence-corrected chi connectivity index (χ3v) is 4.40. The van der Waals surface area contributed by atoms with Gasteiger partial charge >= 0.3 is 0 Å². The fourth-order valence-electron chi connectivity index (χ4n) is 3.08. The van der Waals surface area contributed by atoms with Crippen molar-refractivity contribution in [3.8, 4) is 0 Å². The zero-order valence-electron chi connectivity index (χ0n) is 10.2. The van der Waals surface area contributed by atoms with E-state index in [4.69, 9.17) is 11.6 Å². The average molecular weight is 270 g/mol. The van der Waals surface area contributed by atoms with Crippen molar-refractivity contribution in [2.24, 2.45) is 5.92 Å². The summed E-state index contributed by atoms with van der Waals surface area (Å²) in [6.07, 6.45) is 5.22. The van der Waals surface area contributed by atoms with Crippen molar-refractivity contribution in [3.05, 3.63) is 23.2 Å². The van der Waals surface area contributed by atoms with Gasteiger partial charge in [0.2, 0.25) is 0 Å². The zero-order chi connectivity index (χ0) is 12.5. The Labute approximate surface area is 111 Å². The molecule has 2 aliphatic rings. The van der Waals surface area contributed by atoms with Crippen LogP contribution in [0.15, 0.2) is 12.3 Å². The van der Waals surface area contributed by atoms with Crippen LogP contribution >= 0.6 is 11.6 Å². The minimum absolute atomic E-state index is 0.0490. The lowest BCUT2D eigenvalue weighted by Crippen LogP contribution is -2.29. The van der Waals surface area contributed by atoms with Crippen molar-refractivity contribution in [3.63, 3.8) is 0 Å². The number of anilines is 1. The first kappa shape index (κ1) is 12.2. The maximum absolute atomic E-state index is 13.4. The third kappa shape index (κ3) is 2.31. The van der Waals surface area contributed by atoms with Crippen LogP contribution in [-0.2, 0) is 0 Å². The molecule has 2 saturated heterocycles. The van der Waals surface area contributed by atoms with Gasteiger partial charge in [-0.3, -0.25) is 0 Å². The quantitative estimate of drug-likeness (QED) is 0.794. The van der Waals surface area contributed by atoms with Crippen LogP contribution in [0.5, 0.6) is 0 Å². The van der Waals surface area contributed by atoms with Gasteiger partial charge in [0.05, 0.1) is 11.9 Å². The molecule has 3 nitrogen and oxygen atoms in total. The molecule has 0 amide bonds. The van der Waals surface area contributed by atoms with Gasteiger partial charge in [-0.1, -0.05) is 11.6 Å². The molecule has 1 N–H and O–H groups in total. The molecule has 0 bridgehead atoms.